The van der Waals surface area contributed by atoms with Gasteiger partial charge < -0.3 is 0 Å². The summed E-state index contributed by atoms with van der Waals surface area (Å²) in [5.74, 6) is 0.965. The SMILES string of the molecule is C=CCCCCCCCCC(=O)C[C@H](C)CCC=C. The van der Waals surface area contributed by atoms with Crippen LogP contribution in [0, 0.1) is 5.92 Å². The molecule has 0 rings (SSSR count). The van der Waals surface area contributed by atoms with Crippen LogP contribution in [-0.2, 0) is 4.79 Å². The monoisotopic (exact) mass is 264 g/mol. The van der Waals surface area contributed by atoms with Gasteiger partial charge in [0.25, 0.3) is 0 Å². The smallest absolute Gasteiger partial charge is 0.133 e. The van der Waals surface area contributed by atoms with Gasteiger partial charge in [-0.1, -0.05) is 44.8 Å². The van der Waals surface area contributed by atoms with Crippen molar-refractivity contribution in [1.29, 1.82) is 0 Å². The average Bonchev–Trinajstić information content (AvgIpc) is 2.39. The van der Waals surface area contributed by atoms with E-state index >= 15 is 0 Å². The van der Waals surface area contributed by atoms with Gasteiger partial charge >= 0.3 is 0 Å². The number of rotatable bonds is 14. The molecule has 0 aliphatic rings. The minimum Gasteiger partial charge on any atom is -0.300 e. The van der Waals surface area contributed by atoms with Crippen LogP contribution in [0.3, 0.4) is 0 Å². The summed E-state index contributed by atoms with van der Waals surface area (Å²) in [6.07, 6.45) is 16.2. The molecule has 0 fully saturated rings. The van der Waals surface area contributed by atoms with E-state index in [-0.39, 0.29) is 0 Å². The van der Waals surface area contributed by atoms with Crippen molar-refractivity contribution in [2.75, 3.05) is 0 Å². The van der Waals surface area contributed by atoms with E-state index in [1.165, 1.54) is 32.1 Å². The molecule has 0 unspecified atom stereocenters. The highest BCUT2D eigenvalue weighted by atomic mass is 16.1. The zero-order valence-corrected chi connectivity index (χ0v) is 12.8. The molecule has 110 valence electrons. The van der Waals surface area contributed by atoms with Crippen molar-refractivity contribution in [1.82, 2.24) is 0 Å². The molecule has 0 heterocycles. The van der Waals surface area contributed by atoms with Crippen LogP contribution in [0.2, 0.25) is 0 Å². The molecule has 0 aromatic heterocycles. The zero-order chi connectivity index (χ0) is 14.3. The largest absolute Gasteiger partial charge is 0.300 e. The van der Waals surface area contributed by atoms with Crippen molar-refractivity contribution in [2.24, 2.45) is 5.92 Å². The Hall–Kier alpha value is -0.850. The summed E-state index contributed by atoms with van der Waals surface area (Å²) in [6.45, 7) is 9.61. The van der Waals surface area contributed by atoms with E-state index in [9.17, 15) is 4.79 Å². The molecule has 1 heteroatoms. The van der Waals surface area contributed by atoms with Gasteiger partial charge in [-0.3, -0.25) is 4.79 Å². The van der Waals surface area contributed by atoms with E-state index < -0.39 is 0 Å². The Balaban J connectivity index is 3.33. The molecule has 0 amide bonds. The van der Waals surface area contributed by atoms with Gasteiger partial charge in [-0.25, -0.2) is 0 Å². The number of Topliss-reactive ketones (excluding diaryl/α,β-unsaturated/α-hetero) is 1. The highest BCUT2D eigenvalue weighted by molar-refractivity contribution is 5.78. The fourth-order valence-electron chi connectivity index (χ4n) is 2.31. The van der Waals surface area contributed by atoms with Crippen LogP contribution in [0.15, 0.2) is 25.3 Å². The van der Waals surface area contributed by atoms with E-state index in [1.54, 1.807) is 0 Å². The van der Waals surface area contributed by atoms with Gasteiger partial charge in [0.1, 0.15) is 5.78 Å². The number of carbonyl (C=O) groups is 1. The van der Waals surface area contributed by atoms with Gasteiger partial charge in [-0.05, 0) is 38.0 Å². The van der Waals surface area contributed by atoms with Crippen molar-refractivity contribution in [3.8, 4) is 0 Å². The van der Waals surface area contributed by atoms with Gasteiger partial charge in [-0.2, -0.15) is 0 Å². The van der Waals surface area contributed by atoms with Crippen LogP contribution in [0.4, 0.5) is 0 Å². The molecule has 0 aliphatic heterocycles. The number of hydrogen-bond donors (Lipinski definition) is 0. The average molecular weight is 264 g/mol. The summed E-state index contributed by atoms with van der Waals surface area (Å²) in [6, 6.07) is 0. The first-order chi connectivity index (χ1) is 9.20. The number of unbranched alkanes of at least 4 members (excludes halogenated alkanes) is 6. The van der Waals surface area contributed by atoms with E-state index in [2.05, 4.69) is 20.1 Å². The lowest BCUT2D eigenvalue weighted by molar-refractivity contribution is -0.120. The van der Waals surface area contributed by atoms with Crippen LogP contribution in [-0.4, -0.2) is 5.78 Å². The third kappa shape index (κ3) is 13.4. The first-order valence-electron chi connectivity index (χ1n) is 7.94. The lowest BCUT2D eigenvalue weighted by Crippen LogP contribution is -2.05. The van der Waals surface area contributed by atoms with Crippen molar-refractivity contribution in [3.63, 3.8) is 0 Å². The van der Waals surface area contributed by atoms with Gasteiger partial charge in [0.05, 0.1) is 0 Å². The highest BCUT2D eigenvalue weighted by Gasteiger charge is 2.08. The lowest BCUT2D eigenvalue weighted by Gasteiger charge is -2.08. The first kappa shape index (κ1) is 18.1. The Morgan fingerprint density at radius 1 is 0.947 bits per heavy atom. The van der Waals surface area contributed by atoms with Gasteiger partial charge in [0.15, 0.2) is 0 Å². The molecule has 0 saturated heterocycles. The topological polar surface area (TPSA) is 17.1 Å². The summed E-state index contributed by atoms with van der Waals surface area (Å²) < 4.78 is 0. The summed E-state index contributed by atoms with van der Waals surface area (Å²) in [5.41, 5.74) is 0. The zero-order valence-electron chi connectivity index (χ0n) is 12.8. The van der Waals surface area contributed by atoms with Crippen molar-refractivity contribution in [2.45, 2.75) is 77.6 Å². The molecule has 0 radical (unpaired) electrons. The number of ketones is 1. The van der Waals surface area contributed by atoms with Crippen LogP contribution in [0.5, 0.6) is 0 Å². The second-order valence-corrected chi connectivity index (χ2v) is 5.66. The minimum absolute atomic E-state index is 0.447. The molecule has 1 atom stereocenters. The Morgan fingerprint density at radius 3 is 2.16 bits per heavy atom. The molecule has 0 bridgehead atoms. The fraction of sp³-hybridized carbons (Fsp3) is 0.722. The molecule has 0 saturated carbocycles. The summed E-state index contributed by atoms with van der Waals surface area (Å²) in [4.78, 5) is 11.8. The number of allylic oxidation sites excluding steroid dienone is 2. The van der Waals surface area contributed by atoms with E-state index in [1.807, 2.05) is 12.2 Å². The third-order valence-electron chi connectivity index (χ3n) is 3.55. The molecule has 0 N–H and O–H groups in total. The van der Waals surface area contributed by atoms with Crippen molar-refractivity contribution in [3.05, 3.63) is 25.3 Å². The fourth-order valence-corrected chi connectivity index (χ4v) is 2.31. The maximum atomic E-state index is 11.8. The Kier molecular flexibility index (Phi) is 13.0. The van der Waals surface area contributed by atoms with Crippen LogP contribution in [0.25, 0.3) is 0 Å². The Morgan fingerprint density at radius 2 is 1.53 bits per heavy atom. The van der Waals surface area contributed by atoms with Gasteiger partial charge in [0, 0.05) is 12.8 Å². The maximum absolute atomic E-state index is 11.8. The second-order valence-electron chi connectivity index (χ2n) is 5.66. The van der Waals surface area contributed by atoms with E-state index in [0.717, 1.165) is 38.5 Å². The van der Waals surface area contributed by atoms with Crippen LogP contribution >= 0.6 is 0 Å². The van der Waals surface area contributed by atoms with Crippen LogP contribution in [0.1, 0.15) is 77.6 Å². The standard InChI is InChI=1S/C18H32O/c1-4-6-8-9-10-11-12-13-15-18(19)16-17(3)14-7-5-2/h4-5,17H,1-2,6-16H2,3H3/t17-/m1/s1. The quantitative estimate of drug-likeness (QED) is 0.284. The number of carbonyl (C=O) groups excluding carboxylic acids is 1. The number of hydrogen-bond acceptors (Lipinski definition) is 1. The highest BCUT2D eigenvalue weighted by Crippen LogP contribution is 2.14. The molecular formula is C18H32O. The second kappa shape index (κ2) is 13.6. The van der Waals surface area contributed by atoms with Gasteiger partial charge in [-0.15, -0.1) is 13.2 Å². The van der Waals surface area contributed by atoms with Crippen LogP contribution < -0.4 is 0 Å². The normalized spacial score (nSPS) is 12.1. The predicted molar refractivity (Wildman–Crippen MR) is 85.4 cm³/mol. The molecule has 0 aliphatic carbocycles. The van der Waals surface area contributed by atoms with Gasteiger partial charge in [0.2, 0.25) is 0 Å². The maximum Gasteiger partial charge on any atom is 0.133 e. The molecule has 0 aromatic rings. The van der Waals surface area contributed by atoms with E-state index in [4.69, 9.17) is 0 Å². The summed E-state index contributed by atoms with van der Waals surface area (Å²) in [7, 11) is 0. The third-order valence-corrected chi connectivity index (χ3v) is 3.55. The van der Waals surface area contributed by atoms with E-state index in [0.29, 0.717) is 11.7 Å². The molecule has 0 spiro atoms. The Bertz CT molecular complexity index is 242. The molecular weight excluding hydrogens is 232 g/mol. The van der Waals surface area contributed by atoms with Crippen molar-refractivity contribution >= 4 is 5.78 Å². The first-order valence-corrected chi connectivity index (χ1v) is 7.94. The molecule has 19 heavy (non-hydrogen) atoms. The molecule has 1 nitrogen and oxygen atoms in total. The Labute approximate surface area is 120 Å². The molecule has 0 aromatic carbocycles. The summed E-state index contributed by atoms with van der Waals surface area (Å²) in [5, 5.41) is 0. The summed E-state index contributed by atoms with van der Waals surface area (Å²) >= 11 is 0. The minimum atomic E-state index is 0.447. The lowest BCUT2D eigenvalue weighted by atomic mass is 9.96. The predicted octanol–water partition coefficient (Wildman–Crippen LogP) is 5.85. The van der Waals surface area contributed by atoms with Crippen molar-refractivity contribution < 1.29 is 4.79 Å².